The molecule has 0 bridgehead atoms. The normalized spacial score (nSPS) is 11.3. The highest BCUT2D eigenvalue weighted by Gasteiger charge is 2.16. The molecular weight excluding hydrogens is 340 g/mol. The second-order valence-electron chi connectivity index (χ2n) is 6.94. The van der Waals surface area contributed by atoms with Gasteiger partial charge in [-0.05, 0) is 52.3 Å². The lowest BCUT2D eigenvalue weighted by molar-refractivity contribution is -0.124. The van der Waals surface area contributed by atoms with Crippen LogP contribution in [0, 0.1) is 0 Å². The number of hydrogen-bond acceptors (Lipinski definition) is 4. The van der Waals surface area contributed by atoms with Crippen LogP contribution in [-0.2, 0) is 11.3 Å². The summed E-state index contributed by atoms with van der Waals surface area (Å²) >= 11 is 6.36. The van der Waals surface area contributed by atoms with E-state index in [-0.39, 0.29) is 18.1 Å². The number of halogens is 1. The van der Waals surface area contributed by atoms with Crippen LogP contribution in [0.15, 0.2) is 12.1 Å². The van der Waals surface area contributed by atoms with Gasteiger partial charge in [0.2, 0.25) is 0 Å². The first kappa shape index (κ1) is 21.6. The SMILES string of the molecule is CCCCNCc1cc(OCC)c(OCC(=O)NC(C)(C)C)cc1Cl. The number of rotatable bonds is 10. The summed E-state index contributed by atoms with van der Waals surface area (Å²) in [5, 5.41) is 6.82. The molecular formula is C19H31ClN2O3. The Hall–Kier alpha value is -1.46. The van der Waals surface area contributed by atoms with Crippen LogP contribution in [0.1, 0.15) is 53.0 Å². The van der Waals surface area contributed by atoms with Crippen LogP contribution in [0.5, 0.6) is 11.5 Å². The second kappa shape index (κ2) is 10.5. The van der Waals surface area contributed by atoms with E-state index in [9.17, 15) is 4.79 Å². The Labute approximate surface area is 156 Å². The lowest BCUT2D eigenvalue weighted by Crippen LogP contribution is -2.43. The van der Waals surface area contributed by atoms with Crippen LogP contribution in [0.3, 0.4) is 0 Å². The number of amides is 1. The van der Waals surface area contributed by atoms with Crippen LogP contribution >= 0.6 is 11.6 Å². The van der Waals surface area contributed by atoms with E-state index in [1.54, 1.807) is 6.07 Å². The summed E-state index contributed by atoms with van der Waals surface area (Å²) in [5.41, 5.74) is 0.655. The highest BCUT2D eigenvalue weighted by molar-refractivity contribution is 6.31. The minimum Gasteiger partial charge on any atom is -0.490 e. The Morgan fingerprint density at radius 2 is 1.84 bits per heavy atom. The largest absolute Gasteiger partial charge is 0.490 e. The highest BCUT2D eigenvalue weighted by Crippen LogP contribution is 2.33. The minimum absolute atomic E-state index is 0.0816. The molecule has 25 heavy (non-hydrogen) atoms. The van der Waals surface area contributed by atoms with Crippen LogP contribution in [0.25, 0.3) is 0 Å². The molecule has 6 heteroatoms. The van der Waals surface area contributed by atoms with Gasteiger partial charge in [-0.2, -0.15) is 0 Å². The van der Waals surface area contributed by atoms with E-state index in [1.807, 2.05) is 33.8 Å². The summed E-state index contributed by atoms with van der Waals surface area (Å²) in [7, 11) is 0. The van der Waals surface area contributed by atoms with E-state index in [4.69, 9.17) is 21.1 Å². The first-order valence-electron chi connectivity index (χ1n) is 8.86. The fraction of sp³-hybridized carbons (Fsp3) is 0.632. The third kappa shape index (κ3) is 8.45. The van der Waals surface area contributed by atoms with Gasteiger partial charge in [0.15, 0.2) is 18.1 Å². The maximum atomic E-state index is 11.9. The lowest BCUT2D eigenvalue weighted by atomic mass is 10.1. The Kier molecular flexibility index (Phi) is 9.08. The molecule has 142 valence electrons. The summed E-state index contributed by atoms with van der Waals surface area (Å²) in [4.78, 5) is 11.9. The lowest BCUT2D eigenvalue weighted by Gasteiger charge is -2.21. The van der Waals surface area contributed by atoms with Gasteiger partial charge in [-0.15, -0.1) is 0 Å². The first-order chi connectivity index (χ1) is 11.8. The average Bonchev–Trinajstić information content (AvgIpc) is 2.51. The molecule has 0 radical (unpaired) electrons. The molecule has 0 aliphatic carbocycles. The number of nitrogens with one attached hydrogen (secondary N) is 2. The summed E-state index contributed by atoms with van der Waals surface area (Å²) < 4.78 is 11.3. The van der Waals surface area contributed by atoms with Crippen LogP contribution in [0.4, 0.5) is 0 Å². The van der Waals surface area contributed by atoms with Gasteiger partial charge in [-0.1, -0.05) is 24.9 Å². The van der Waals surface area contributed by atoms with Crippen molar-refractivity contribution in [3.8, 4) is 11.5 Å². The monoisotopic (exact) mass is 370 g/mol. The molecule has 1 aromatic rings. The number of ether oxygens (including phenoxy) is 2. The molecule has 0 atom stereocenters. The van der Waals surface area contributed by atoms with E-state index in [1.165, 1.54) is 0 Å². The van der Waals surface area contributed by atoms with Crippen molar-refractivity contribution >= 4 is 17.5 Å². The zero-order valence-electron chi connectivity index (χ0n) is 16.0. The summed E-state index contributed by atoms with van der Waals surface area (Å²) in [6.45, 7) is 11.9. The first-order valence-corrected chi connectivity index (χ1v) is 9.24. The predicted molar refractivity (Wildman–Crippen MR) is 103 cm³/mol. The van der Waals surface area contributed by atoms with Crippen molar-refractivity contribution in [3.05, 3.63) is 22.7 Å². The maximum Gasteiger partial charge on any atom is 0.258 e. The summed E-state index contributed by atoms with van der Waals surface area (Å²) in [5.74, 6) is 0.896. The van der Waals surface area contributed by atoms with Gasteiger partial charge in [-0.25, -0.2) is 0 Å². The fourth-order valence-corrected chi connectivity index (χ4v) is 2.44. The Balaban J connectivity index is 2.77. The van der Waals surface area contributed by atoms with Crippen LogP contribution < -0.4 is 20.1 Å². The van der Waals surface area contributed by atoms with Crippen molar-refractivity contribution in [2.45, 2.75) is 59.5 Å². The number of carbonyl (C=O) groups excluding carboxylic acids is 1. The van der Waals surface area contributed by atoms with Gasteiger partial charge < -0.3 is 20.1 Å². The Bertz CT molecular complexity index is 556. The zero-order chi connectivity index (χ0) is 18.9. The standard InChI is InChI=1S/C19H31ClN2O3/c1-6-8-9-21-12-14-10-16(24-7-2)17(11-15(14)20)25-13-18(23)22-19(3,4)5/h10-11,21H,6-9,12-13H2,1-5H3,(H,22,23). The van der Waals surface area contributed by atoms with E-state index in [0.717, 1.165) is 24.9 Å². The Morgan fingerprint density at radius 1 is 1.16 bits per heavy atom. The summed E-state index contributed by atoms with van der Waals surface area (Å²) in [6, 6.07) is 3.59. The number of hydrogen-bond donors (Lipinski definition) is 2. The van der Waals surface area contributed by atoms with Gasteiger partial charge in [0.1, 0.15) is 0 Å². The molecule has 0 saturated carbocycles. The van der Waals surface area contributed by atoms with Crippen molar-refractivity contribution in [1.82, 2.24) is 10.6 Å². The summed E-state index contributed by atoms with van der Waals surface area (Å²) in [6.07, 6.45) is 2.27. The number of benzene rings is 1. The molecule has 0 fully saturated rings. The molecule has 0 spiro atoms. The van der Waals surface area contributed by atoms with Crippen LogP contribution in [-0.4, -0.2) is 31.2 Å². The van der Waals surface area contributed by atoms with E-state index < -0.39 is 0 Å². The van der Waals surface area contributed by atoms with Gasteiger partial charge >= 0.3 is 0 Å². The molecule has 2 N–H and O–H groups in total. The van der Waals surface area contributed by atoms with Gasteiger partial charge in [0.25, 0.3) is 5.91 Å². The minimum atomic E-state index is -0.297. The molecule has 0 aromatic heterocycles. The van der Waals surface area contributed by atoms with Crippen molar-refractivity contribution in [3.63, 3.8) is 0 Å². The van der Waals surface area contributed by atoms with Crippen molar-refractivity contribution in [1.29, 1.82) is 0 Å². The highest BCUT2D eigenvalue weighted by atomic mass is 35.5. The second-order valence-corrected chi connectivity index (χ2v) is 7.35. The molecule has 1 aromatic carbocycles. The maximum absolute atomic E-state index is 11.9. The quantitative estimate of drug-likeness (QED) is 0.613. The average molecular weight is 371 g/mol. The predicted octanol–water partition coefficient (Wildman–Crippen LogP) is 3.92. The third-order valence-electron chi connectivity index (χ3n) is 3.31. The topological polar surface area (TPSA) is 59.6 Å². The molecule has 1 rings (SSSR count). The van der Waals surface area contributed by atoms with Gasteiger partial charge in [0.05, 0.1) is 6.61 Å². The van der Waals surface area contributed by atoms with E-state index in [0.29, 0.717) is 29.7 Å². The smallest absolute Gasteiger partial charge is 0.258 e. The molecule has 0 heterocycles. The Morgan fingerprint density at radius 3 is 2.44 bits per heavy atom. The third-order valence-corrected chi connectivity index (χ3v) is 3.66. The number of carbonyl (C=O) groups is 1. The molecule has 5 nitrogen and oxygen atoms in total. The molecule has 0 aliphatic rings. The van der Waals surface area contributed by atoms with Crippen molar-refractivity contribution < 1.29 is 14.3 Å². The molecule has 0 aliphatic heterocycles. The van der Waals surface area contributed by atoms with Gasteiger partial charge in [0, 0.05) is 23.2 Å². The van der Waals surface area contributed by atoms with Crippen molar-refractivity contribution in [2.75, 3.05) is 19.8 Å². The number of unbranched alkanes of at least 4 members (excludes halogenated alkanes) is 1. The van der Waals surface area contributed by atoms with E-state index >= 15 is 0 Å². The van der Waals surface area contributed by atoms with Gasteiger partial charge in [-0.3, -0.25) is 4.79 Å². The van der Waals surface area contributed by atoms with E-state index in [2.05, 4.69) is 17.6 Å². The molecule has 0 unspecified atom stereocenters. The van der Waals surface area contributed by atoms with Crippen LogP contribution in [0.2, 0.25) is 5.02 Å². The zero-order valence-corrected chi connectivity index (χ0v) is 16.8. The molecule has 0 saturated heterocycles. The molecule has 1 amide bonds. The fourth-order valence-electron chi connectivity index (χ4n) is 2.22. The van der Waals surface area contributed by atoms with Crippen molar-refractivity contribution in [2.24, 2.45) is 0 Å².